The maximum absolute atomic E-state index is 12.0. The van der Waals surface area contributed by atoms with Crippen molar-refractivity contribution < 1.29 is 9.90 Å². The van der Waals surface area contributed by atoms with Crippen molar-refractivity contribution in [3.63, 3.8) is 0 Å². The Morgan fingerprint density at radius 3 is 2.29 bits per heavy atom. The highest BCUT2D eigenvalue weighted by molar-refractivity contribution is 5.99. The van der Waals surface area contributed by atoms with E-state index in [1.54, 1.807) is 25.1 Å². The van der Waals surface area contributed by atoms with Crippen molar-refractivity contribution in [3.8, 4) is 0 Å². The Morgan fingerprint density at radius 1 is 1.00 bits per heavy atom. The molecule has 0 spiro atoms. The van der Waals surface area contributed by atoms with E-state index >= 15 is 0 Å². The predicted octanol–water partition coefficient (Wildman–Crippen LogP) is 4.00. The molecular weight excluding hydrogens is 264 g/mol. The molecule has 110 valence electrons. The number of carbonyl (C=O) groups is 1. The molecule has 0 fully saturated rings. The molecule has 2 amide bonds. The molecule has 0 saturated heterocycles. The first-order valence-corrected chi connectivity index (χ1v) is 6.89. The molecule has 0 heterocycles. The minimum atomic E-state index is -0.561. The first-order chi connectivity index (χ1) is 9.95. The molecule has 0 aromatic heterocycles. The third-order valence-corrected chi connectivity index (χ3v) is 3.39. The van der Waals surface area contributed by atoms with Crippen LogP contribution < -0.4 is 10.6 Å². The Morgan fingerprint density at radius 2 is 1.67 bits per heavy atom. The van der Waals surface area contributed by atoms with Gasteiger partial charge >= 0.3 is 6.03 Å². The Hall–Kier alpha value is -2.33. The fraction of sp³-hybridized carbons (Fsp3) is 0.235. The summed E-state index contributed by atoms with van der Waals surface area (Å²) >= 11 is 0. The van der Waals surface area contributed by atoms with Crippen molar-refractivity contribution in [3.05, 3.63) is 59.2 Å². The molecule has 0 aliphatic heterocycles. The molecule has 0 aliphatic rings. The zero-order valence-electron chi connectivity index (χ0n) is 12.5. The summed E-state index contributed by atoms with van der Waals surface area (Å²) in [6.07, 6.45) is -0.561. The number of urea groups is 1. The number of aliphatic hydroxyl groups excluding tert-OH is 1. The topological polar surface area (TPSA) is 61.4 Å². The van der Waals surface area contributed by atoms with Crippen LogP contribution >= 0.6 is 0 Å². The summed E-state index contributed by atoms with van der Waals surface area (Å²) in [6.45, 7) is 5.72. The molecule has 4 nitrogen and oxygen atoms in total. The van der Waals surface area contributed by atoms with E-state index in [1.807, 2.05) is 38.1 Å². The van der Waals surface area contributed by atoms with Crippen molar-refractivity contribution in [1.29, 1.82) is 0 Å². The number of benzene rings is 2. The summed E-state index contributed by atoms with van der Waals surface area (Å²) in [5.41, 5.74) is 4.48. The van der Waals surface area contributed by atoms with Crippen LogP contribution in [0.5, 0.6) is 0 Å². The van der Waals surface area contributed by atoms with Gasteiger partial charge < -0.3 is 15.7 Å². The molecule has 0 aliphatic carbocycles. The molecule has 2 rings (SSSR count). The number of hydrogen-bond acceptors (Lipinski definition) is 2. The summed E-state index contributed by atoms with van der Waals surface area (Å²) in [7, 11) is 0. The number of anilines is 2. The number of carbonyl (C=O) groups excluding carboxylic acids is 1. The molecule has 2 aromatic carbocycles. The lowest BCUT2D eigenvalue weighted by Gasteiger charge is -2.11. The third-order valence-electron chi connectivity index (χ3n) is 3.39. The summed E-state index contributed by atoms with van der Waals surface area (Å²) in [5, 5.41) is 15.1. The molecule has 1 atom stereocenters. The van der Waals surface area contributed by atoms with Crippen molar-refractivity contribution in [2.24, 2.45) is 0 Å². The molecular formula is C17H20N2O2. The molecule has 21 heavy (non-hydrogen) atoms. The maximum atomic E-state index is 12.0. The quantitative estimate of drug-likeness (QED) is 0.797. The minimum Gasteiger partial charge on any atom is -0.389 e. The Balaban J connectivity index is 2.04. The van der Waals surface area contributed by atoms with Crippen LogP contribution in [0, 0.1) is 13.8 Å². The van der Waals surface area contributed by atoms with Crippen LogP contribution in [0.25, 0.3) is 0 Å². The van der Waals surface area contributed by atoms with Gasteiger partial charge in [-0.1, -0.05) is 18.2 Å². The van der Waals surface area contributed by atoms with E-state index in [1.165, 1.54) is 5.56 Å². The minimum absolute atomic E-state index is 0.305. The van der Waals surface area contributed by atoms with Crippen LogP contribution in [0.15, 0.2) is 42.5 Å². The number of nitrogens with one attached hydrogen (secondary N) is 2. The van der Waals surface area contributed by atoms with Crippen LogP contribution in [0.3, 0.4) is 0 Å². The van der Waals surface area contributed by atoms with Gasteiger partial charge in [-0.15, -0.1) is 0 Å². The van der Waals surface area contributed by atoms with E-state index in [2.05, 4.69) is 10.6 Å². The number of rotatable bonds is 3. The third kappa shape index (κ3) is 4.07. The van der Waals surface area contributed by atoms with Gasteiger partial charge in [-0.05, 0) is 61.7 Å². The Bertz CT molecular complexity index is 651. The summed E-state index contributed by atoms with van der Waals surface area (Å²) in [4.78, 5) is 12.0. The van der Waals surface area contributed by atoms with E-state index in [4.69, 9.17) is 0 Å². The van der Waals surface area contributed by atoms with Gasteiger partial charge in [0.25, 0.3) is 0 Å². The first-order valence-electron chi connectivity index (χ1n) is 6.89. The van der Waals surface area contributed by atoms with Gasteiger partial charge in [0.05, 0.1) is 6.10 Å². The number of aryl methyl sites for hydroxylation is 2. The van der Waals surface area contributed by atoms with E-state index in [9.17, 15) is 9.90 Å². The lowest BCUT2D eigenvalue weighted by molar-refractivity contribution is 0.199. The molecule has 0 bridgehead atoms. The van der Waals surface area contributed by atoms with Crippen LogP contribution in [-0.2, 0) is 0 Å². The normalized spacial score (nSPS) is 11.8. The molecule has 1 unspecified atom stereocenters. The SMILES string of the molecule is Cc1ccc(NC(=O)Nc2cccc(C(C)O)c2)cc1C. The van der Waals surface area contributed by atoms with Crippen molar-refractivity contribution in [2.45, 2.75) is 26.9 Å². The molecule has 4 heteroatoms. The van der Waals surface area contributed by atoms with E-state index in [0.29, 0.717) is 5.69 Å². The standard InChI is InChI=1S/C17H20N2O2/c1-11-7-8-16(9-12(11)2)19-17(21)18-15-6-4-5-14(10-15)13(3)20/h4-10,13,20H,1-3H3,(H2,18,19,21). The van der Waals surface area contributed by atoms with Gasteiger partial charge in [-0.3, -0.25) is 0 Å². The summed E-state index contributed by atoms with van der Waals surface area (Å²) in [5.74, 6) is 0. The van der Waals surface area contributed by atoms with Crippen LogP contribution in [-0.4, -0.2) is 11.1 Å². The zero-order chi connectivity index (χ0) is 15.4. The Labute approximate surface area is 124 Å². The lowest BCUT2D eigenvalue weighted by atomic mass is 10.1. The van der Waals surface area contributed by atoms with Crippen molar-refractivity contribution >= 4 is 17.4 Å². The largest absolute Gasteiger partial charge is 0.389 e. The number of aliphatic hydroxyl groups is 1. The highest BCUT2D eigenvalue weighted by Crippen LogP contribution is 2.18. The first kappa shape index (κ1) is 15.1. The second-order valence-corrected chi connectivity index (χ2v) is 5.18. The van der Waals surface area contributed by atoms with E-state index in [-0.39, 0.29) is 6.03 Å². The zero-order valence-corrected chi connectivity index (χ0v) is 12.5. The molecule has 0 saturated carbocycles. The Kier molecular flexibility index (Phi) is 4.60. The van der Waals surface area contributed by atoms with Gasteiger partial charge in [0.1, 0.15) is 0 Å². The van der Waals surface area contributed by atoms with Crippen LogP contribution in [0.4, 0.5) is 16.2 Å². The molecule has 2 aromatic rings. The van der Waals surface area contributed by atoms with Crippen LogP contribution in [0.1, 0.15) is 29.7 Å². The van der Waals surface area contributed by atoms with Gasteiger partial charge in [-0.25, -0.2) is 4.79 Å². The van der Waals surface area contributed by atoms with E-state index < -0.39 is 6.10 Å². The number of amides is 2. The predicted molar refractivity (Wildman–Crippen MR) is 85.6 cm³/mol. The van der Waals surface area contributed by atoms with Gasteiger partial charge in [0.15, 0.2) is 0 Å². The fourth-order valence-corrected chi connectivity index (χ4v) is 1.99. The average Bonchev–Trinajstić information content (AvgIpc) is 2.43. The monoisotopic (exact) mass is 284 g/mol. The van der Waals surface area contributed by atoms with Gasteiger partial charge in [-0.2, -0.15) is 0 Å². The molecule has 3 N–H and O–H groups in total. The van der Waals surface area contributed by atoms with Gasteiger partial charge in [0.2, 0.25) is 0 Å². The highest BCUT2D eigenvalue weighted by Gasteiger charge is 2.06. The fourth-order valence-electron chi connectivity index (χ4n) is 1.99. The smallest absolute Gasteiger partial charge is 0.323 e. The average molecular weight is 284 g/mol. The van der Waals surface area contributed by atoms with Crippen LogP contribution in [0.2, 0.25) is 0 Å². The van der Waals surface area contributed by atoms with Crippen molar-refractivity contribution in [2.75, 3.05) is 10.6 Å². The summed E-state index contributed by atoms with van der Waals surface area (Å²) in [6, 6.07) is 12.6. The number of hydrogen-bond donors (Lipinski definition) is 3. The highest BCUT2D eigenvalue weighted by atomic mass is 16.3. The second-order valence-electron chi connectivity index (χ2n) is 5.18. The molecule has 0 radical (unpaired) electrons. The van der Waals surface area contributed by atoms with E-state index in [0.717, 1.165) is 16.8 Å². The lowest BCUT2D eigenvalue weighted by Crippen LogP contribution is -2.19. The van der Waals surface area contributed by atoms with Gasteiger partial charge in [0, 0.05) is 11.4 Å². The maximum Gasteiger partial charge on any atom is 0.323 e. The summed E-state index contributed by atoms with van der Waals surface area (Å²) < 4.78 is 0. The van der Waals surface area contributed by atoms with Crippen molar-refractivity contribution in [1.82, 2.24) is 0 Å². The second kappa shape index (κ2) is 6.41.